The number of allylic oxidation sites excluding steroid dienone is 1. The van der Waals surface area contributed by atoms with Crippen LogP contribution in [0.2, 0.25) is 0 Å². The van der Waals surface area contributed by atoms with E-state index in [1.807, 2.05) is 57.2 Å². The van der Waals surface area contributed by atoms with Gasteiger partial charge in [0.25, 0.3) is 5.91 Å². The van der Waals surface area contributed by atoms with Gasteiger partial charge < -0.3 is 10.1 Å². The van der Waals surface area contributed by atoms with Gasteiger partial charge in [0, 0.05) is 16.0 Å². The van der Waals surface area contributed by atoms with Crippen molar-refractivity contribution in [2.24, 2.45) is 0 Å². The van der Waals surface area contributed by atoms with Gasteiger partial charge in [-0.1, -0.05) is 56.3 Å². The summed E-state index contributed by atoms with van der Waals surface area (Å²) in [7, 11) is 1.33. The molecule has 0 atom stereocenters. The third kappa shape index (κ3) is 9.60. The van der Waals surface area contributed by atoms with Crippen LogP contribution < -0.4 is 10.0 Å². The van der Waals surface area contributed by atoms with Crippen molar-refractivity contribution in [3.05, 3.63) is 90.5 Å². The quantitative estimate of drug-likeness (QED) is 0.193. The average Bonchev–Trinajstić information content (AvgIpc) is 2.88. The molecule has 0 saturated heterocycles. The molecule has 1 amide bonds. The number of nitrogens with one attached hydrogen (secondary N) is 2. The number of amides is 1. The van der Waals surface area contributed by atoms with Crippen LogP contribution in [0.25, 0.3) is 10.8 Å². The third-order valence-corrected chi connectivity index (χ3v) is 5.03. The van der Waals surface area contributed by atoms with Gasteiger partial charge in [-0.2, -0.15) is 0 Å². The number of ether oxygens (including phenoxy) is 1. The fraction of sp³-hybridized carbons (Fsp3) is 0.222. The number of Topliss-reactive ketones (excluding diaryl/α,β-unsaturated/α-hetero) is 1. The van der Waals surface area contributed by atoms with Crippen LogP contribution in [-0.4, -0.2) is 37.9 Å². The molecule has 0 aliphatic carbocycles. The number of hydrogen-bond acceptors (Lipinski definition) is 6. The van der Waals surface area contributed by atoms with Crippen molar-refractivity contribution in [3.8, 4) is 0 Å². The number of benzene rings is 3. The first kappa shape index (κ1) is 28.6. The number of fused-ring (bicyclic) bond motifs is 1. The highest BCUT2D eigenvalue weighted by molar-refractivity contribution is 7.97. The highest BCUT2D eigenvalue weighted by Gasteiger charge is 2.11. The van der Waals surface area contributed by atoms with E-state index >= 15 is 0 Å². The number of esters is 1. The van der Waals surface area contributed by atoms with E-state index in [4.69, 9.17) is 0 Å². The van der Waals surface area contributed by atoms with E-state index in [2.05, 4.69) is 21.4 Å². The molecule has 0 fully saturated rings. The molecular formula is C27H32N2O4S. The fourth-order valence-corrected chi connectivity index (χ4v) is 3.28. The molecule has 0 unspecified atom stereocenters. The van der Waals surface area contributed by atoms with Crippen LogP contribution in [-0.2, 0) is 9.53 Å². The molecule has 34 heavy (non-hydrogen) atoms. The topological polar surface area (TPSA) is 84.5 Å². The largest absolute Gasteiger partial charge is 0.468 e. The third-order valence-electron chi connectivity index (χ3n) is 4.23. The number of ketones is 1. The summed E-state index contributed by atoms with van der Waals surface area (Å²) in [5.74, 6) is -0.828. The zero-order valence-electron chi connectivity index (χ0n) is 20.1. The lowest BCUT2D eigenvalue weighted by Gasteiger charge is -2.07. The lowest BCUT2D eigenvalue weighted by Crippen LogP contribution is -2.29. The Morgan fingerprint density at radius 2 is 1.50 bits per heavy atom. The van der Waals surface area contributed by atoms with Crippen LogP contribution in [0.4, 0.5) is 0 Å². The summed E-state index contributed by atoms with van der Waals surface area (Å²) in [4.78, 5) is 36.6. The van der Waals surface area contributed by atoms with Crippen LogP contribution in [0.1, 0.15) is 41.5 Å². The Morgan fingerprint density at radius 3 is 2.12 bits per heavy atom. The average molecular weight is 481 g/mol. The molecule has 7 heteroatoms. The summed E-state index contributed by atoms with van der Waals surface area (Å²) in [6.45, 7) is 9.26. The first-order valence-corrected chi connectivity index (χ1v) is 11.7. The smallest absolute Gasteiger partial charge is 0.320 e. The summed E-state index contributed by atoms with van der Waals surface area (Å²) >= 11 is 1.26. The van der Waals surface area contributed by atoms with E-state index < -0.39 is 0 Å². The highest BCUT2D eigenvalue weighted by Crippen LogP contribution is 2.17. The molecule has 3 aromatic rings. The second-order valence-electron chi connectivity index (χ2n) is 6.60. The van der Waals surface area contributed by atoms with Gasteiger partial charge in [-0.05, 0) is 60.0 Å². The van der Waals surface area contributed by atoms with Gasteiger partial charge in [-0.25, -0.2) is 4.72 Å². The molecule has 2 N–H and O–H groups in total. The SMILES string of the molecule is C=CC.CC.COC(=O)CNSc1ccc(C(=O)NCC(=O)c2ccc3ccccc3c2)cc1. The minimum atomic E-state index is -0.357. The molecule has 0 heterocycles. The van der Waals surface area contributed by atoms with Gasteiger partial charge in [0.15, 0.2) is 5.78 Å². The first-order valence-electron chi connectivity index (χ1n) is 10.9. The summed E-state index contributed by atoms with van der Waals surface area (Å²) in [5.41, 5.74) is 1.01. The normalized spacial score (nSPS) is 9.53. The molecular weight excluding hydrogens is 448 g/mol. The molecule has 180 valence electrons. The number of hydrogen-bond donors (Lipinski definition) is 2. The molecule has 0 aliphatic rings. The van der Waals surface area contributed by atoms with E-state index in [1.165, 1.54) is 19.1 Å². The maximum absolute atomic E-state index is 12.4. The van der Waals surface area contributed by atoms with Crippen molar-refractivity contribution in [2.75, 3.05) is 20.2 Å². The second-order valence-corrected chi connectivity index (χ2v) is 7.56. The van der Waals surface area contributed by atoms with Gasteiger partial charge in [0.1, 0.15) is 6.54 Å². The van der Waals surface area contributed by atoms with Crippen molar-refractivity contribution in [3.63, 3.8) is 0 Å². The minimum Gasteiger partial charge on any atom is -0.468 e. The molecule has 0 saturated carbocycles. The Morgan fingerprint density at radius 1 is 0.912 bits per heavy atom. The van der Waals surface area contributed by atoms with Gasteiger partial charge in [0.05, 0.1) is 13.7 Å². The zero-order chi connectivity index (χ0) is 25.3. The lowest BCUT2D eigenvalue weighted by atomic mass is 10.0. The molecule has 6 nitrogen and oxygen atoms in total. The van der Waals surface area contributed by atoms with E-state index in [1.54, 1.807) is 36.4 Å². The molecule has 3 rings (SSSR count). The Kier molecular flexibility index (Phi) is 13.7. The number of carbonyl (C=O) groups is 3. The van der Waals surface area contributed by atoms with Crippen molar-refractivity contribution in [1.82, 2.24) is 10.0 Å². The second kappa shape index (κ2) is 16.2. The number of carbonyl (C=O) groups excluding carboxylic acids is 3. The van der Waals surface area contributed by atoms with Gasteiger partial charge in [-0.3, -0.25) is 14.4 Å². The number of methoxy groups -OCH3 is 1. The van der Waals surface area contributed by atoms with Crippen LogP contribution >= 0.6 is 11.9 Å². The Labute approximate surface area is 205 Å². The van der Waals surface area contributed by atoms with E-state index in [-0.39, 0.29) is 30.7 Å². The first-order chi connectivity index (χ1) is 16.5. The lowest BCUT2D eigenvalue weighted by molar-refractivity contribution is -0.139. The van der Waals surface area contributed by atoms with Crippen LogP contribution in [0.15, 0.2) is 84.3 Å². The van der Waals surface area contributed by atoms with Crippen molar-refractivity contribution < 1.29 is 19.1 Å². The Balaban J connectivity index is 0.00000107. The maximum Gasteiger partial charge on any atom is 0.320 e. The van der Waals surface area contributed by atoms with Crippen LogP contribution in [0, 0.1) is 0 Å². The summed E-state index contributed by atoms with van der Waals surface area (Å²) in [6, 6.07) is 20.1. The van der Waals surface area contributed by atoms with Gasteiger partial charge in [0.2, 0.25) is 0 Å². The Bertz CT molecular complexity index is 1080. The Hall–Kier alpha value is -3.42. The van der Waals surface area contributed by atoms with Crippen LogP contribution in [0.5, 0.6) is 0 Å². The van der Waals surface area contributed by atoms with Crippen LogP contribution in [0.3, 0.4) is 0 Å². The van der Waals surface area contributed by atoms with E-state index in [9.17, 15) is 14.4 Å². The number of rotatable bonds is 8. The molecule has 0 spiro atoms. The standard InChI is InChI=1S/C22H20N2O4S.C3H6.C2H6/c1-28-21(26)14-24-29-19-10-8-16(9-11-19)22(27)23-13-20(25)18-7-6-15-4-2-3-5-17(15)12-18;1-3-2;1-2/h2-12,24H,13-14H2,1H3,(H,23,27);3H,1H2,2H3;1-2H3. The van der Waals surface area contributed by atoms with E-state index in [0.717, 1.165) is 15.7 Å². The van der Waals surface area contributed by atoms with Gasteiger partial charge in [-0.15, -0.1) is 6.58 Å². The van der Waals surface area contributed by atoms with Crippen molar-refractivity contribution >= 4 is 40.4 Å². The maximum atomic E-state index is 12.4. The molecule has 3 aromatic carbocycles. The van der Waals surface area contributed by atoms with E-state index in [0.29, 0.717) is 11.1 Å². The highest BCUT2D eigenvalue weighted by atomic mass is 32.2. The summed E-state index contributed by atoms with van der Waals surface area (Å²) in [5, 5.41) is 4.71. The zero-order valence-corrected chi connectivity index (χ0v) is 20.9. The van der Waals surface area contributed by atoms with Gasteiger partial charge >= 0.3 is 5.97 Å². The molecule has 0 radical (unpaired) electrons. The van der Waals surface area contributed by atoms with Crippen molar-refractivity contribution in [2.45, 2.75) is 25.7 Å². The summed E-state index contributed by atoms with van der Waals surface area (Å²) in [6.07, 6.45) is 1.75. The predicted octanol–water partition coefficient (Wildman–Crippen LogP) is 5.44. The van der Waals surface area contributed by atoms with Crippen molar-refractivity contribution in [1.29, 1.82) is 0 Å². The molecule has 0 bridgehead atoms. The monoisotopic (exact) mass is 480 g/mol. The fourth-order valence-electron chi connectivity index (χ4n) is 2.65. The summed E-state index contributed by atoms with van der Waals surface area (Å²) < 4.78 is 7.41. The molecule has 0 aromatic heterocycles. The predicted molar refractivity (Wildman–Crippen MR) is 140 cm³/mol. The minimum absolute atomic E-state index is 0.0750. The molecule has 0 aliphatic heterocycles.